The summed E-state index contributed by atoms with van der Waals surface area (Å²) < 4.78 is 12.6. The Kier molecular flexibility index (Phi) is 19.5. The molecule has 2 aromatic carbocycles. The number of primary amides is 1. The van der Waals surface area contributed by atoms with Crippen LogP contribution >= 0.6 is 0 Å². The van der Waals surface area contributed by atoms with Crippen molar-refractivity contribution in [2.24, 2.45) is 40.4 Å². The number of amides is 7. The third kappa shape index (κ3) is 13.9. The molecule has 4 fully saturated rings. The molecule has 2 aromatic rings. The van der Waals surface area contributed by atoms with Gasteiger partial charge in [-0.1, -0.05) is 77.4 Å². The van der Waals surface area contributed by atoms with Crippen LogP contribution in [0, 0.1) is 23.2 Å². The van der Waals surface area contributed by atoms with Crippen molar-refractivity contribution in [1.82, 2.24) is 31.9 Å². The molecule has 2 bridgehead atoms. The van der Waals surface area contributed by atoms with E-state index in [0.29, 0.717) is 30.9 Å². The van der Waals surface area contributed by atoms with Gasteiger partial charge in [0.15, 0.2) is 0 Å². The highest BCUT2D eigenvalue weighted by molar-refractivity contribution is 6.47. The quantitative estimate of drug-likeness (QED) is 0.0364. The Bertz CT molecular complexity index is 2160. The summed E-state index contributed by atoms with van der Waals surface area (Å²) in [7, 11) is -0.991. The molecule has 10 atom stereocenters. The van der Waals surface area contributed by atoms with Gasteiger partial charge in [-0.2, -0.15) is 0 Å². The third-order valence-corrected chi connectivity index (χ3v) is 14.4. The standard InChI is InChI=1S/C50H76BN9O10/c1-8-9-12-30-14-16-31(17-15-30)32-18-20-33(21-19-32)43(64)55-24-22-40(63)56-35(13-10-11-23-52)44(65)59-42(29(4)61)47(68)58-41(28(2)3)46(67)57-36(27-39(53)62)45(66)60-48(54)51-69-38-26-34-25-37(49(34,5)6)50(38,7)70-51/h14-21,28-29,34-38,41-42,48,61H,8-13,22-27,52,54H2,1-7H3,(H2,53,62)(H,55,64)(H,56,63)(H,57,67)(H,58,68)(H,59,65)(H,60,66)/t29?,34-,35-,36-,37-,38?,41-,42-,48+,50-/m0/s1. The minimum Gasteiger partial charge on any atom is -0.403 e. The van der Waals surface area contributed by atoms with Crippen molar-refractivity contribution < 1.29 is 48.0 Å². The number of unbranched alkanes of at least 4 members (excludes halogenated alkanes) is 2. The molecular formula is C50H76BN9O10. The molecular weight excluding hydrogens is 897 g/mol. The zero-order valence-electron chi connectivity index (χ0n) is 41.8. The van der Waals surface area contributed by atoms with Gasteiger partial charge < -0.3 is 63.5 Å². The molecule has 0 radical (unpaired) electrons. The molecule has 20 heteroatoms. The van der Waals surface area contributed by atoms with Crippen molar-refractivity contribution in [3.8, 4) is 11.1 Å². The number of aryl methyl sites for hydroxylation is 1. The highest BCUT2D eigenvalue weighted by Gasteiger charge is 2.68. The van der Waals surface area contributed by atoms with Crippen molar-refractivity contribution in [2.75, 3.05) is 13.1 Å². The number of hydrogen-bond donors (Lipinski definition) is 10. The predicted octanol–water partition coefficient (Wildman–Crippen LogP) is 1.46. The largest absolute Gasteiger partial charge is 0.497 e. The minimum atomic E-state index is -1.59. The Labute approximate surface area is 412 Å². The van der Waals surface area contributed by atoms with Gasteiger partial charge in [-0.3, -0.25) is 33.6 Å². The van der Waals surface area contributed by atoms with E-state index < -0.39 is 96.8 Å². The number of nitrogens with one attached hydrogen (secondary N) is 6. The van der Waals surface area contributed by atoms with E-state index >= 15 is 0 Å². The van der Waals surface area contributed by atoms with Crippen molar-refractivity contribution in [3.63, 3.8) is 0 Å². The molecule has 6 rings (SSSR count). The minimum absolute atomic E-state index is 0.0303. The lowest BCUT2D eigenvalue weighted by Gasteiger charge is -2.64. The summed E-state index contributed by atoms with van der Waals surface area (Å²) in [6, 6.07) is 8.76. The van der Waals surface area contributed by atoms with Crippen LogP contribution in [0.5, 0.6) is 0 Å². The fourth-order valence-electron chi connectivity index (χ4n) is 9.97. The third-order valence-electron chi connectivity index (χ3n) is 14.4. The molecule has 1 aliphatic heterocycles. The monoisotopic (exact) mass is 974 g/mol. The van der Waals surface area contributed by atoms with Crippen molar-refractivity contribution in [3.05, 3.63) is 59.7 Å². The van der Waals surface area contributed by atoms with Crippen LogP contribution in [0.25, 0.3) is 11.1 Å². The number of carbonyl (C=O) groups is 7. The van der Waals surface area contributed by atoms with Crippen LogP contribution in [-0.2, 0) is 44.5 Å². The molecule has 4 aliphatic rings. The second kappa shape index (κ2) is 24.6. The van der Waals surface area contributed by atoms with E-state index in [-0.39, 0.29) is 42.7 Å². The van der Waals surface area contributed by atoms with Gasteiger partial charge in [0.05, 0.1) is 24.2 Å². The van der Waals surface area contributed by atoms with E-state index in [9.17, 15) is 38.7 Å². The molecule has 0 spiro atoms. The molecule has 19 nitrogen and oxygen atoms in total. The van der Waals surface area contributed by atoms with E-state index in [1.807, 2.05) is 19.1 Å². The first-order valence-electron chi connectivity index (χ1n) is 24.8. The fraction of sp³-hybridized carbons (Fsp3) is 0.620. The van der Waals surface area contributed by atoms with Crippen LogP contribution in [-0.4, -0.2) is 115 Å². The van der Waals surface area contributed by atoms with Crippen LogP contribution < -0.4 is 49.1 Å². The van der Waals surface area contributed by atoms with E-state index in [1.165, 1.54) is 12.5 Å². The average molecular weight is 974 g/mol. The molecule has 7 amide bonds. The highest BCUT2D eigenvalue weighted by Crippen LogP contribution is 2.65. The molecule has 3 saturated carbocycles. The zero-order valence-corrected chi connectivity index (χ0v) is 41.8. The van der Waals surface area contributed by atoms with Crippen LogP contribution in [0.3, 0.4) is 0 Å². The number of carbonyl (C=O) groups excluding carboxylic acids is 7. The zero-order chi connectivity index (χ0) is 51.5. The first-order chi connectivity index (χ1) is 33.1. The molecule has 3 aliphatic carbocycles. The normalized spacial score (nSPS) is 22.4. The summed E-state index contributed by atoms with van der Waals surface area (Å²) in [6.07, 6.45) is 3.75. The summed E-state index contributed by atoms with van der Waals surface area (Å²) in [4.78, 5) is 93.2. The van der Waals surface area contributed by atoms with Crippen LogP contribution in [0.4, 0.5) is 0 Å². The molecule has 384 valence electrons. The maximum atomic E-state index is 13.8. The second-order valence-electron chi connectivity index (χ2n) is 20.3. The number of rotatable bonds is 26. The van der Waals surface area contributed by atoms with Gasteiger partial charge in [0.25, 0.3) is 5.91 Å². The molecule has 70 heavy (non-hydrogen) atoms. The first-order valence-corrected chi connectivity index (χ1v) is 24.8. The van der Waals surface area contributed by atoms with E-state index in [1.54, 1.807) is 26.0 Å². The van der Waals surface area contributed by atoms with E-state index in [0.717, 1.165) is 43.2 Å². The summed E-state index contributed by atoms with van der Waals surface area (Å²) in [5, 5.41) is 26.3. The Hall–Kier alpha value is -5.41. The number of nitrogens with two attached hydrogens (primary N) is 3. The lowest BCUT2D eigenvalue weighted by atomic mass is 9.43. The van der Waals surface area contributed by atoms with Crippen LogP contribution in [0.1, 0.15) is 122 Å². The SMILES string of the molecule is CCCCc1ccc(-c2ccc(C(=O)NCCC(=O)N[C@@H](CCCCN)C(=O)N[C@H](C(=O)N[C@H](C(=O)N[C@@H](CC(N)=O)C(=O)N[C@@H](N)B3OC4C[C@@H]5C[C@@H](C5(C)C)[C@]4(C)O3)C(C)C)C(C)O)cc2)cc1. The maximum absolute atomic E-state index is 13.8. The van der Waals surface area contributed by atoms with E-state index in [4.69, 9.17) is 26.5 Å². The lowest BCUT2D eigenvalue weighted by molar-refractivity contribution is -0.199. The Morgan fingerprint density at radius 1 is 0.786 bits per heavy atom. The highest BCUT2D eigenvalue weighted by atomic mass is 16.7. The molecule has 2 unspecified atom stereocenters. The average Bonchev–Trinajstić information content (AvgIpc) is 3.68. The van der Waals surface area contributed by atoms with Crippen molar-refractivity contribution in [1.29, 1.82) is 0 Å². The molecule has 1 saturated heterocycles. The van der Waals surface area contributed by atoms with Gasteiger partial charge in [-0.15, -0.1) is 0 Å². The first kappa shape index (κ1) is 55.5. The topological polar surface area (TPSA) is 308 Å². The van der Waals surface area contributed by atoms with Crippen molar-refractivity contribution >= 4 is 48.5 Å². The second-order valence-corrected chi connectivity index (χ2v) is 20.3. The van der Waals surface area contributed by atoms with E-state index in [2.05, 4.69) is 76.9 Å². The predicted molar refractivity (Wildman–Crippen MR) is 265 cm³/mol. The molecule has 0 aromatic heterocycles. The number of aliphatic hydroxyl groups is 1. The van der Waals surface area contributed by atoms with Gasteiger partial charge in [0.1, 0.15) is 30.2 Å². The lowest BCUT2D eigenvalue weighted by Crippen LogP contribution is -2.65. The summed E-state index contributed by atoms with van der Waals surface area (Å²) in [6.45, 7) is 13.4. The van der Waals surface area contributed by atoms with Gasteiger partial charge in [0, 0.05) is 18.5 Å². The number of benzene rings is 2. The summed E-state index contributed by atoms with van der Waals surface area (Å²) >= 11 is 0. The molecule has 13 N–H and O–H groups in total. The van der Waals surface area contributed by atoms with Gasteiger partial charge in [-0.05, 0) is 117 Å². The Balaban J connectivity index is 1.14. The van der Waals surface area contributed by atoms with Crippen molar-refractivity contribution in [2.45, 2.75) is 161 Å². The summed E-state index contributed by atoms with van der Waals surface area (Å²) in [5.74, 6) is -5.12. The maximum Gasteiger partial charge on any atom is 0.497 e. The number of aliphatic hydroxyl groups excluding tert-OH is 1. The van der Waals surface area contributed by atoms with Crippen LogP contribution in [0.15, 0.2) is 48.5 Å². The Morgan fingerprint density at radius 3 is 1.99 bits per heavy atom. The smallest absolute Gasteiger partial charge is 0.403 e. The fourth-order valence-corrected chi connectivity index (χ4v) is 9.97. The van der Waals surface area contributed by atoms with Gasteiger partial charge in [-0.25, -0.2) is 0 Å². The van der Waals surface area contributed by atoms with Crippen LogP contribution in [0.2, 0.25) is 0 Å². The Morgan fingerprint density at radius 2 is 1.40 bits per heavy atom. The summed E-state index contributed by atoms with van der Waals surface area (Å²) in [5.41, 5.74) is 20.7. The number of hydrogen-bond acceptors (Lipinski definition) is 12. The van der Waals surface area contributed by atoms with Gasteiger partial charge >= 0.3 is 7.12 Å². The van der Waals surface area contributed by atoms with Gasteiger partial charge in [0.2, 0.25) is 35.4 Å². The molecule has 1 heterocycles.